The van der Waals surface area contributed by atoms with Crippen LogP contribution in [0.4, 0.5) is 0 Å². The SMILES string of the molecule is Cc1ccc(C(=O)NC[P+](c2ccccc2)(c2ccccc2)c2ccccc2)cc1.[O-][Cl+3]([O-])([O-])O. The van der Waals surface area contributed by atoms with Gasteiger partial charge in [0.2, 0.25) is 0 Å². The van der Waals surface area contributed by atoms with Crippen molar-refractivity contribution in [1.29, 1.82) is 0 Å². The Morgan fingerprint density at radius 3 is 1.40 bits per heavy atom. The normalized spacial score (nSPS) is 11.2. The number of benzene rings is 4. The van der Waals surface area contributed by atoms with Crippen LogP contribution < -0.4 is 35.2 Å². The van der Waals surface area contributed by atoms with Crippen molar-refractivity contribution in [2.45, 2.75) is 6.92 Å². The van der Waals surface area contributed by atoms with Crippen molar-refractivity contribution in [3.63, 3.8) is 0 Å². The van der Waals surface area contributed by atoms with Crippen molar-refractivity contribution in [2.75, 3.05) is 6.29 Å². The van der Waals surface area contributed by atoms with Crippen molar-refractivity contribution in [1.82, 2.24) is 5.32 Å². The lowest BCUT2D eigenvalue weighted by atomic mass is 10.1. The summed E-state index contributed by atoms with van der Waals surface area (Å²) in [5.74, 6) is -0.0397. The van der Waals surface area contributed by atoms with Crippen LogP contribution in [-0.4, -0.2) is 16.9 Å². The van der Waals surface area contributed by atoms with Crippen LogP contribution in [-0.2, 0) is 0 Å². The van der Waals surface area contributed by atoms with Crippen molar-refractivity contribution >= 4 is 29.1 Å². The molecule has 0 saturated carbocycles. The summed E-state index contributed by atoms with van der Waals surface area (Å²) >= 11 is 0. The number of aryl methyl sites for hydroxylation is 1. The van der Waals surface area contributed by atoms with Gasteiger partial charge in [0.15, 0.2) is 0 Å². The molecule has 0 aliphatic heterocycles. The van der Waals surface area contributed by atoms with Gasteiger partial charge in [-0.25, -0.2) is 0 Å². The zero-order chi connectivity index (χ0) is 25.3. The van der Waals surface area contributed by atoms with Gasteiger partial charge < -0.3 is 5.32 Å². The lowest BCUT2D eigenvalue weighted by Gasteiger charge is -2.27. The highest BCUT2D eigenvalue weighted by molar-refractivity contribution is 7.95. The van der Waals surface area contributed by atoms with Gasteiger partial charge in [-0.15, -0.1) is 0 Å². The van der Waals surface area contributed by atoms with E-state index in [-0.39, 0.29) is 5.91 Å². The van der Waals surface area contributed by atoms with Crippen molar-refractivity contribution in [3.05, 3.63) is 126 Å². The number of hydrogen-bond donors (Lipinski definition) is 2. The summed E-state index contributed by atoms with van der Waals surface area (Å²) in [5, 5.41) is 7.03. The molecule has 4 aromatic carbocycles. The summed E-state index contributed by atoms with van der Waals surface area (Å²) in [6.45, 7) is 2.03. The minimum atomic E-state index is -4.69. The number of halogens is 1. The third kappa shape index (κ3) is 7.44. The van der Waals surface area contributed by atoms with Crippen LogP contribution in [0.3, 0.4) is 0 Å². The molecule has 35 heavy (non-hydrogen) atoms. The third-order valence-corrected chi connectivity index (χ3v) is 9.55. The predicted octanol–water partition coefficient (Wildman–Crippen LogP) is 0.552. The van der Waals surface area contributed by atoms with E-state index in [0.29, 0.717) is 11.8 Å². The fourth-order valence-electron chi connectivity index (χ4n) is 3.77. The first-order valence-corrected chi connectivity index (χ1v) is 14.0. The van der Waals surface area contributed by atoms with Gasteiger partial charge in [-0.3, -0.25) is 4.79 Å². The molecule has 1 amide bonds. The van der Waals surface area contributed by atoms with Gasteiger partial charge in [0.1, 0.15) is 29.5 Å². The van der Waals surface area contributed by atoms with E-state index in [1.807, 2.05) is 49.4 Å². The van der Waals surface area contributed by atoms with Crippen molar-refractivity contribution in [2.24, 2.45) is 0 Å². The molecule has 0 unspecified atom stereocenters. The second kappa shape index (κ2) is 12.0. The van der Waals surface area contributed by atoms with Crippen LogP contribution in [0.5, 0.6) is 0 Å². The molecule has 0 radical (unpaired) electrons. The van der Waals surface area contributed by atoms with Gasteiger partial charge >= 0.3 is 0 Å². The predicted molar refractivity (Wildman–Crippen MR) is 131 cm³/mol. The summed E-state index contributed by atoms with van der Waals surface area (Å²) in [6.07, 6.45) is 0.567. The van der Waals surface area contributed by atoms with E-state index in [2.05, 4.69) is 78.1 Å². The Hall–Kier alpha value is -3.09. The van der Waals surface area contributed by atoms with Gasteiger partial charge in [0.25, 0.3) is 5.91 Å². The average Bonchev–Trinajstić information content (AvgIpc) is 2.86. The maximum absolute atomic E-state index is 13.0. The van der Waals surface area contributed by atoms with Crippen LogP contribution >= 0.6 is 7.26 Å². The monoisotopic (exact) mass is 510 g/mol. The molecule has 8 heteroatoms. The molecule has 0 aromatic heterocycles. The molecule has 180 valence electrons. The summed E-state index contributed by atoms with van der Waals surface area (Å²) in [4.78, 5) is 13.0. The largest absolute Gasteiger partial charge is 0.319 e. The summed E-state index contributed by atoms with van der Waals surface area (Å²) < 4.78 is 32.7. The smallest absolute Gasteiger partial charge is 0.254 e. The van der Waals surface area contributed by atoms with Crippen LogP contribution in [0.1, 0.15) is 15.9 Å². The number of hydrogen-bond acceptors (Lipinski definition) is 5. The van der Waals surface area contributed by atoms with Gasteiger partial charge in [-0.2, -0.15) is 14.0 Å². The standard InChI is InChI=1S/C27H24NOP.ClHO4/c1-22-17-19-23(20-18-22)27(29)28-21-30(24-11-5-2-6-12-24,25-13-7-3-8-14-25)26-15-9-4-10-16-26;2-1(3,4)5/h2-20H,21H2,1H3;(H,2,3,4,5)/p+1. The van der Waals surface area contributed by atoms with Crippen LogP contribution in [0.2, 0.25) is 0 Å². The quantitative estimate of drug-likeness (QED) is 0.367. The zero-order valence-corrected chi connectivity index (χ0v) is 20.7. The minimum absolute atomic E-state index is 0.0397. The van der Waals surface area contributed by atoms with Gasteiger partial charge in [-0.1, -0.05) is 72.3 Å². The highest BCUT2D eigenvalue weighted by atomic mass is 35.7. The molecule has 0 atom stereocenters. The van der Waals surface area contributed by atoms with E-state index < -0.39 is 17.5 Å². The Labute approximate surface area is 207 Å². The Balaban J connectivity index is 0.000000623. The number of amides is 1. The van der Waals surface area contributed by atoms with E-state index >= 15 is 0 Å². The minimum Gasteiger partial charge on any atom is -0.319 e. The molecule has 0 aliphatic carbocycles. The van der Waals surface area contributed by atoms with Crippen LogP contribution in [0.15, 0.2) is 115 Å². The molecule has 0 aliphatic rings. The maximum Gasteiger partial charge on any atom is 0.254 e. The molecule has 2 N–H and O–H groups in total. The van der Waals surface area contributed by atoms with Gasteiger partial charge in [0.05, 0.1) is 14.9 Å². The molecule has 0 saturated heterocycles. The first kappa shape index (κ1) is 26.5. The molecule has 0 fully saturated rings. The fourth-order valence-corrected chi connectivity index (χ4v) is 7.63. The van der Waals surface area contributed by atoms with E-state index in [4.69, 9.17) is 18.6 Å². The van der Waals surface area contributed by atoms with Crippen LogP contribution in [0.25, 0.3) is 0 Å². The van der Waals surface area contributed by atoms with E-state index in [1.54, 1.807) is 0 Å². The first-order valence-electron chi connectivity index (χ1n) is 10.7. The highest BCUT2D eigenvalue weighted by Crippen LogP contribution is 2.54. The Morgan fingerprint density at radius 1 is 0.714 bits per heavy atom. The topological polar surface area (TPSA) is 119 Å². The summed E-state index contributed by atoms with van der Waals surface area (Å²) in [6, 6.07) is 39.5. The van der Waals surface area contributed by atoms with E-state index in [1.165, 1.54) is 15.9 Å². The Kier molecular flexibility index (Phi) is 9.13. The molecule has 6 nitrogen and oxygen atoms in total. The molecule has 0 spiro atoms. The van der Waals surface area contributed by atoms with Crippen molar-refractivity contribution in [3.8, 4) is 0 Å². The van der Waals surface area contributed by atoms with Crippen LogP contribution in [0, 0.1) is 17.2 Å². The second-order valence-corrected chi connectivity index (χ2v) is 12.0. The zero-order valence-electron chi connectivity index (χ0n) is 19.1. The molecule has 0 heterocycles. The average molecular weight is 511 g/mol. The maximum atomic E-state index is 13.0. The van der Waals surface area contributed by atoms with Crippen molar-refractivity contribution < 1.29 is 33.7 Å². The summed E-state index contributed by atoms with van der Waals surface area (Å²) in [7, 11) is -6.76. The number of carbonyl (C=O) groups excluding carboxylic acids is 1. The molecule has 4 rings (SSSR count). The summed E-state index contributed by atoms with van der Waals surface area (Å²) in [5.41, 5.74) is 1.83. The highest BCUT2D eigenvalue weighted by Gasteiger charge is 2.45. The number of carbonyl (C=O) groups is 1. The molecule has 0 bridgehead atoms. The fraction of sp³-hybridized carbons (Fsp3) is 0.0741. The lowest BCUT2D eigenvalue weighted by Crippen LogP contribution is -2.58. The van der Waals surface area contributed by atoms with Gasteiger partial charge in [-0.05, 0) is 55.5 Å². The lowest BCUT2D eigenvalue weighted by molar-refractivity contribution is -1.92. The van der Waals surface area contributed by atoms with E-state index in [0.717, 1.165) is 5.56 Å². The first-order chi connectivity index (χ1) is 16.7. The molecular formula is C27H26ClNO5P+. The van der Waals surface area contributed by atoms with Gasteiger partial charge in [0, 0.05) is 5.56 Å². The molecule has 4 aromatic rings. The molecular weight excluding hydrogens is 485 g/mol. The van der Waals surface area contributed by atoms with E-state index in [9.17, 15) is 4.79 Å². The number of rotatable bonds is 6. The second-order valence-electron chi connectivity index (χ2n) is 7.74. The Bertz CT molecular complexity index is 1100. The third-order valence-electron chi connectivity index (χ3n) is 5.38. The Morgan fingerprint density at radius 2 is 1.06 bits per heavy atom. The number of nitrogens with one attached hydrogen (secondary N) is 1.